The number of benzene rings is 2. The molecule has 0 aromatic heterocycles. The predicted octanol–water partition coefficient (Wildman–Crippen LogP) is 4.73. The Hall–Kier alpha value is -2.30. The average Bonchev–Trinajstić information content (AvgIpc) is 2.47. The van der Waals surface area contributed by atoms with Gasteiger partial charge in [0.2, 0.25) is 5.91 Å². The minimum absolute atomic E-state index is 0.239. The van der Waals surface area contributed by atoms with E-state index in [1.165, 1.54) is 18.2 Å². The highest BCUT2D eigenvalue weighted by molar-refractivity contribution is 6.34. The number of hydrogen-bond donors (Lipinski definition) is 1. The van der Waals surface area contributed by atoms with Crippen LogP contribution in [0.4, 0.5) is 5.69 Å². The number of rotatable bonds is 4. The largest absolute Gasteiger partial charge is 0.423 e. The molecule has 0 heterocycles. The van der Waals surface area contributed by atoms with Gasteiger partial charge in [0.25, 0.3) is 0 Å². The fourth-order valence-electron chi connectivity index (χ4n) is 1.78. The van der Waals surface area contributed by atoms with E-state index in [-0.39, 0.29) is 11.7 Å². The van der Waals surface area contributed by atoms with Gasteiger partial charge in [-0.15, -0.1) is 0 Å². The fourth-order valence-corrected chi connectivity index (χ4v) is 2.28. The smallest absolute Gasteiger partial charge is 0.343 e. The van der Waals surface area contributed by atoms with Gasteiger partial charge in [0, 0.05) is 15.7 Å². The highest BCUT2D eigenvalue weighted by Gasteiger charge is 2.10. The van der Waals surface area contributed by atoms with Crippen molar-refractivity contribution in [2.24, 2.45) is 0 Å². The molecule has 0 saturated carbocycles. The van der Waals surface area contributed by atoms with Crippen molar-refractivity contribution in [2.45, 2.75) is 6.92 Å². The second kappa shape index (κ2) is 7.81. The van der Waals surface area contributed by atoms with Crippen molar-refractivity contribution >= 4 is 40.8 Å². The first-order chi connectivity index (χ1) is 11.0. The molecule has 0 saturated heterocycles. The molecular formula is C17H13Cl2NO3. The minimum atomic E-state index is -0.547. The molecule has 0 aliphatic carbocycles. The zero-order valence-corrected chi connectivity index (χ0v) is 13.7. The Labute approximate surface area is 143 Å². The summed E-state index contributed by atoms with van der Waals surface area (Å²) in [7, 11) is 0. The van der Waals surface area contributed by atoms with Gasteiger partial charge in [0.1, 0.15) is 5.75 Å². The zero-order valence-electron chi connectivity index (χ0n) is 12.2. The van der Waals surface area contributed by atoms with E-state index in [0.29, 0.717) is 21.3 Å². The van der Waals surface area contributed by atoms with Crippen molar-refractivity contribution in [2.75, 3.05) is 5.32 Å². The van der Waals surface area contributed by atoms with Crippen molar-refractivity contribution in [3.05, 3.63) is 70.2 Å². The Morgan fingerprint density at radius 1 is 1.04 bits per heavy atom. The number of esters is 1. The molecule has 0 spiro atoms. The first-order valence-corrected chi connectivity index (χ1v) is 7.45. The van der Waals surface area contributed by atoms with Crippen LogP contribution in [0.1, 0.15) is 17.3 Å². The second-order valence-corrected chi connectivity index (χ2v) is 5.43. The Morgan fingerprint density at radius 2 is 1.65 bits per heavy atom. The number of allylic oxidation sites excluding steroid dienone is 1. The first-order valence-electron chi connectivity index (χ1n) is 6.70. The summed E-state index contributed by atoms with van der Waals surface area (Å²) in [6, 6.07) is 10.9. The van der Waals surface area contributed by atoms with Gasteiger partial charge in [-0.1, -0.05) is 29.3 Å². The Kier molecular flexibility index (Phi) is 5.79. The molecule has 1 amide bonds. The van der Waals surface area contributed by atoms with E-state index >= 15 is 0 Å². The van der Waals surface area contributed by atoms with Crippen LogP contribution >= 0.6 is 23.2 Å². The van der Waals surface area contributed by atoms with Crippen molar-refractivity contribution in [1.82, 2.24) is 0 Å². The van der Waals surface area contributed by atoms with Crippen LogP contribution in [-0.4, -0.2) is 11.9 Å². The lowest BCUT2D eigenvalue weighted by atomic mass is 10.2. The Bertz CT molecular complexity index is 735. The maximum Gasteiger partial charge on any atom is 0.343 e. The third kappa shape index (κ3) is 5.13. The van der Waals surface area contributed by atoms with Crippen LogP contribution in [0.15, 0.2) is 54.6 Å². The molecule has 0 fully saturated rings. The quantitative estimate of drug-likeness (QED) is 0.493. The lowest BCUT2D eigenvalue weighted by Crippen LogP contribution is -2.10. The van der Waals surface area contributed by atoms with E-state index in [0.717, 1.165) is 0 Å². The molecule has 2 rings (SSSR count). The molecule has 0 aliphatic heterocycles. The lowest BCUT2D eigenvalue weighted by molar-refractivity contribution is -0.111. The van der Waals surface area contributed by atoms with Gasteiger partial charge in [-0.25, -0.2) is 4.79 Å². The van der Waals surface area contributed by atoms with E-state index < -0.39 is 5.97 Å². The Morgan fingerprint density at radius 3 is 2.22 bits per heavy atom. The Balaban J connectivity index is 2.06. The number of nitrogens with one attached hydrogen (secondary N) is 1. The third-order valence-corrected chi connectivity index (χ3v) is 3.19. The topological polar surface area (TPSA) is 55.4 Å². The molecular weight excluding hydrogens is 337 g/mol. The molecule has 23 heavy (non-hydrogen) atoms. The molecule has 0 atom stereocenters. The summed E-state index contributed by atoms with van der Waals surface area (Å²) in [6.45, 7) is 1.75. The molecule has 2 aromatic rings. The van der Waals surface area contributed by atoms with Gasteiger partial charge in [0.15, 0.2) is 0 Å². The van der Waals surface area contributed by atoms with E-state index in [1.54, 1.807) is 43.3 Å². The first kappa shape index (κ1) is 17.1. The maximum absolute atomic E-state index is 12.1. The van der Waals surface area contributed by atoms with Crippen LogP contribution in [0.3, 0.4) is 0 Å². The van der Waals surface area contributed by atoms with Crippen molar-refractivity contribution in [1.29, 1.82) is 0 Å². The number of anilines is 1. The van der Waals surface area contributed by atoms with Crippen LogP contribution in [0.5, 0.6) is 5.75 Å². The minimum Gasteiger partial charge on any atom is -0.423 e. The predicted molar refractivity (Wildman–Crippen MR) is 91.3 cm³/mol. The summed E-state index contributed by atoms with van der Waals surface area (Å²) < 4.78 is 5.22. The highest BCUT2D eigenvalue weighted by Crippen LogP contribution is 2.25. The molecule has 0 unspecified atom stereocenters. The fraction of sp³-hybridized carbons (Fsp3) is 0.0588. The molecule has 0 aliphatic rings. The van der Waals surface area contributed by atoms with Crippen molar-refractivity contribution < 1.29 is 14.3 Å². The molecule has 118 valence electrons. The molecule has 4 nitrogen and oxygen atoms in total. The molecule has 0 radical (unpaired) electrons. The lowest BCUT2D eigenvalue weighted by Gasteiger charge is -2.07. The number of ether oxygens (including phenoxy) is 1. The summed E-state index contributed by atoms with van der Waals surface area (Å²) in [5, 5.41) is 3.42. The zero-order chi connectivity index (χ0) is 16.8. The summed E-state index contributed by atoms with van der Waals surface area (Å²) in [4.78, 5) is 23.5. The van der Waals surface area contributed by atoms with E-state index in [9.17, 15) is 9.59 Å². The summed E-state index contributed by atoms with van der Waals surface area (Å²) >= 11 is 11.7. The number of amides is 1. The van der Waals surface area contributed by atoms with Gasteiger partial charge in [-0.2, -0.15) is 0 Å². The number of halogens is 2. The molecule has 2 aromatic carbocycles. The van der Waals surface area contributed by atoms with E-state index in [1.807, 2.05) is 0 Å². The maximum atomic E-state index is 12.1. The van der Waals surface area contributed by atoms with Gasteiger partial charge >= 0.3 is 5.97 Å². The standard InChI is InChI=1S/C17H13Cl2NO3/c1-2-3-16(21)20-14-6-4-11(5-7-14)17(22)23-15-9-12(18)8-13(19)10-15/h2-10H,1H3,(H,20,21). The third-order valence-electron chi connectivity index (χ3n) is 2.75. The van der Waals surface area contributed by atoms with Crippen LogP contribution in [-0.2, 0) is 4.79 Å². The second-order valence-electron chi connectivity index (χ2n) is 4.56. The van der Waals surface area contributed by atoms with Gasteiger partial charge in [-0.3, -0.25) is 4.79 Å². The summed E-state index contributed by atoms with van der Waals surface area (Å²) in [5.74, 6) is -0.524. The molecule has 6 heteroatoms. The van der Waals surface area contributed by atoms with Crippen LogP contribution in [0, 0.1) is 0 Å². The van der Waals surface area contributed by atoms with Crippen molar-refractivity contribution in [3.8, 4) is 5.75 Å². The summed E-state index contributed by atoms with van der Waals surface area (Å²) in [6.07, 6.45) is 3.04. The van der Waals surface area contributed by atoms with Crippen molar-refractivity contribution in [3.63, 3.8) is 0 Å². The van der Waals surface area contributed by atoms with Crippen LogP contribution in [0.2, 0.25) is 10.0 Å². The van der Waals surface area contributed by atoms with Gasteiger partial charge in [-0.05, 0) is 55.5 Å². The SMILES string of the molecule is CC=CC(=O)Nc1ccc(C(=O)Oc2cc(Cl)cc(Cl)c2)cc1. The van der Waals surface area contributed by atoms with Crippen LogP contribution < -0.4 is 10.1 Å². The number of carbonyl (C=O) groups excluding carboxylic acids is 2. The van der Waals surface area contributed by atoms with Gasteiger partial charge < -0.3 is 10.1 Å². The normalized spacial score (nSPS) is 10.6. The van der Waals surface area contributed by atoms with Gasteiger partial charge in [0.05, 0.1) is 5.56 Å². The average molecular weight is 350 g/mol. The van der Waals surface area contributed by atoms with Crippen LogP contribution in [0.25, 0.3) is 0 Å². The number of hydrogen-bond acceptors (Lipinski definition) is 3. The van der Waals surface area contributed by atoms with E-state index in [4.69, 9.17) is 27.9 Å². The van der Waals surface area contributed by atoms with E-state index in [2.05, 4.69) is 5.32 Å². The highest BCUT2D eigenvalue weighted by atomic mass is 35.5. The molecule has 1 N–H and O–H groups in total. The molecule has 0 bridgehead atoms. The summed E-state index contributed by atoms with van der Waals surface area (Å²) in [5.41, 5.74) is 0.917. The monoisotopic (exact) mass is 349 g/mol. The number of carbonyl (C=O) groups is 2.